The Morgan fingerprint density at radius 2 is 2.30 bits per heavy atom. The molecule has 2 aromatic rings. The van der Waals surface area contributed by atoms with Gasteiger partial charge in [-0.1, -0.05) is 18.2 Å². The SMILES string of the molecule is NC(=O)c1ccccc1CNC1CNc2ccnn2C1. The number of rotatable bonds is 4. The van der Waals surface area contributed by atoms with Crippen LogP contribution < -0.4 is 16.4 Å². The molecule has 1 aromatic heterocycles. The van der Waals surface area contributed by atoms with E-state index in [2.05, 4.69) is 15.7 Å². The maximum absolute atomic E-state index is 11.4. The first-order valence-electron chi connectivity index (χ1n) is 6.61. The zero-order valence-electron chi connectivity index (χ0n) is 11.0. The predicted molar refractivity (Wildman–Crippen MR) is 76.3 cm³/mol. The minimum Gasteiger partial charge on any atom is -0.369 e. The molecule has 0 saturated carbocycles. The number of nitrogens with zero attached hydrogens (tertiary/aromatic N) is 2. The van der Waals surface area contributed by atoms with Crippen molar-refractivity contribution in [3.63, 3.8) is 0 Å². The quantitative estimate of drug-likeness (QED) is 0.759. The zero-order chi connectivity index (χ0) is 13.9. The number of benzene rings is 1. The van der Waals surface area contributed by atoms with E-state index in [1.54, 1.807) is 12.3 Å². The molecule has 2 heterocycles. The largest absolute Gasteiger partial charge is 0.369 e. The van der Waals surface area contributed by atoms with E-state index in [0.29, 0.717) is 12.1 Å². The lowest BCUT2D eigenvalue weighted by Gasteiger charge is -2.26. The van der Waals surface area contributed by atoms with Gasteiger partial charge in [-0.15, -0.1) is 0 Å². The second kappa shape index (κ2) is 5.34. The van der Waals surface area contributed by atoms with E-state index in [9.17, 15) is 4.79 Å². The Bertz CT molecular complexity index is 622. The maximum Gasteiger partial charge on any atom is 0.249 e. The van der Waals surface area contributed by atoms with Gasteiger partial charge in [-0.3, -0.25) is 4.79 Å². The van der Waals surface area contributed by atoms with Crippen LogP contribution >= 0.6 is 0 Å². The first kappa shape index (κ1) is 12.7. The lowest BCUT2D eigenvalue weighted by Crippen LogP contribution is -2.42. The Kier molecular flexibility index (Phi) is 3.39. The molecule has 0 saturated heterocycles. The molecular formula is C14H17N5O. The highest BCUT2D eigenvalue weighted by atomic mass is 16.1. The summed E-state index contributed by atoms with van der Waals surface area (Å²) in [7, 11) is 0. The van der Waals surface area contributed by atoms with Crippen molar-refractivity contribution < 1.29 is 4.79 Å². The first-order valence-corrected chi connectivity index (χ1v) is 6.61. The number of nitrogens with two attached hydrogens (primary N) is 1. The van der Waals surface area contributed by atoms with E-state index in [4.69, 9.17) is 5.73 Å². The van der Waals surface area contributed by atoms with Crippen molar-refractivity contribution in [1.29, 1.82) is 0 Å². The van der Waals surface area contributed by atoms with E-state index in [0.717, 1.165) is 24.5 Å². The summed E-state index contributed by atoms with van der Waals surface area (Å²) in [5, 5.41) is 11.0. The highest BCUT2D eigenvalue weighted by molar-refractivity contribution is 5.94. The number of carbonyl (C=O) groups excluding carboxylic acids is 1. The van der Waals surface area contributed by atoms with Crippen LogP contribution in [0.3, 0.4) is 0 Å². The van der Waals surface area contributed by atoms with Crippen molar-refractivity contribution in [2.24, 2.45) is 5.73 Å². The molecule has 4 N–H and O–H groups in total. The molecule has 0 aliphatic carbocycles. The van der Waals surface area contributed by atoms with E-state index >= 15 is 0 Å². The molecule has 0 radical (unpaired) electrons. The third-order valence-electron chi connectivity index (χ3n) is 3.50. The van der Waals surface area contributed by atoms with Crippen molar-refractivity contribution in [3.05, 3.63) is 47.7 Å². The lowest BCUT2D eigenvalue weighted by atomic mass is 10.1. The molecule has 0 bridgehead atoms. The number of hydrogen-bond donors (Lipinski definition) is 3. The van der Waals surface area contributed by atoms with Crippen LogP contribution in [0.5, 0.6) is 0 Å². The number of amides is 1. The van der Waals surface area contributed by atoms with Crippen LogP contribution in [0.1, 0.15) is 15.9 Å². The van der Waals surface area contributed by atoms with Gasteiger partial charge < -0.3 is 16.4 Å². The number of anilines is 1. The number of hydrogen-bond acceptors (Lipinski definition) is 4. The minimum atomic E-state index is -0.390. The smallest absolute Gasteiger partial charge is 0.249 e. The van der Waals surface area contributed by atoms with E-state index in [1.807, 2.05) is 28.9 Å². The Morgan fingerprint density at radius 3 is 3.15 bits per heavy atom. The molecule has 20 heavy (non-hydrogen) atoms. The third-order valence-corrected chi connectivity index (χ3v) is 3.50. The summed E-state index contributed by atoms with van der Waals surface area (Å²) in [6.45, 7) is 2.26. The fourth-order valence-corrected chi connectivity index (χ4v) is 2.44. The van der Waals surface area contributed by atoms with Crippen LogP contribution in [0.25, 0.3) is 0 Å². The summed E-state index contributed by atoms with van der Waals surface area (Å²) in [4.78, 5) is 11.4. The van der Waals surface area contributed by atoms with E-state index < -0.39 is 5.91 Å². The highest BCUT2D eigenvalue weighted by Crippen LogP contribution is 2.13. The number of fused-ring (bicyclic) bond motifs is 1. The molecule has 3 rings (SSSR count). The van der Waals surface area contributed by atoms with Crippen LogP contribution in [-0.4, -0.2) is 28.3 Å². The lowest BCUT2D eigenvalue weighted by molar-refractivity contribution is 0.0999. The van der Waals surface area contributed by atoms with E-state index in [-0.39, 0.29) is 6.04 Å². The molecule has 1 aliphatic rings. The zero-order valence-corrected chi connectivity index (χ0v) is 11.0. The van der Waals surface area contributed by atoms with Gasteiger partial charge in [0.1, 0.15) is 5.82 Å². The maximum atomic E-state index is 11.4. The molecule has 1 aliphatic heterocycles. The number of aromatic nitrogens is 2. The van der Waals surface area contributed by atoms with E-state index in [1.165, 1.54) is 0 Å². The van der Waals surface area contributed by atoms with Gasteiger partial charge in [0.05, 0.1) is 12.7 Å². The average Bonchev–Trinajstić information content (AvgIpc) is 2.92. The van der Waals surface area contributed by atoms with Crippen molar-refractivity contribution in [2.45, 2.75) is 19.1 Å². The van der Waals surface area contributed by atoms with Gasteiger partial charge in [0.25, 0.3) is 0 Å². The predicted octanol–water partition coefficient (Wildman–Crippen LogP) is 0.566. The fraction of sp³-hybridized carbons (Fsp3) is 0.286. The normalized spacial score (nSPS) is 17.3. The number of carbonyl (C=O) groups is 1. The molecule has 0 fully saturated rings. The Balaban J connectivity index is 1.65. The van der Waals surface area contributed by atoms with Gasteiger partial charge in [-0.25, -0.2) is 4.68 Å². The molecule has 1 unspecified atom stereocenters. The van der Waals surface area contributed by atoms with Crippen LogP contribution in [-0.2, 0) is 13.1 Å². The second-order valence-electron chi connectivity index (χ2n) is 4.88. The Morgan fingerprint density at radius 1 is 1.45 bits per heavy atom. The van der Waals surface area contributed by atoms with Gasteiger partial charge in [0.2, 0.25) is 5.91 Å². The summed E-state index contributed by atoms with van der Waals surface area (Å²) >= 11 is 0. The van der Waals surface area contributed by atoms with Crippen LogP contribution in [0.15, 0.2) is 36.5 Å². The minimum absolute atomic E-state index is 0.267. The van der Waals surface area contributed by atoms with Crippen LogP contribution in [0.4, 0.5) is 5.82 Å². The molecule has 6 nitrogen and oxygen atoms in total. The van der Waals surface area contributed by atoms with Gasteiger partial charge in [0.15, 0.2) is 0 Å². The second-order valence-corrected chi connectivity index (χ2v) is 4.88. The van der Waals surface area contributed by atoms with Gasteiger partial charge in [-0.05, 0) is 11.6 Å². The standard InChI is InChI=1S/C14H17N5O/c15-14(20)12-4-2-1-3-10(12)7-16-11-8-17-13-5-6-18-19(13)9-11/h1-6,11,16-17H,7-9H2,(H2,15,20). The molecule has 1 atom stereocenters. The van der Waals surface area contributed by atoms with Gasteiger partial charge in [0, 0.05) is 30.8 Å². The summed E-state index contributed by atoms with van der Waals surface area (Å²) in [5.41, 5.74) is 6.87. The molecular weight excluding hydrogens is 254 g/mol. The number of primary amides is 1. The summed E-state index contributed by atoms with van der Waals surface area (Å²) < 4.78 is 1.93. The van der Waals surface area contributed by atoms with Crippen molar-refractivity contribution in [1.82, 2.24) is 15.1 Å². The van der Waals surface area contributed by atoms with Crippen molar-refractivity contribution in [3.8, 4) is 0 Å². The number of nitrogens with one attached hydrogen (secondary N) is 2. The van der Waals surface area contributed by atoms with Crippen molar-refractivity contribution in [2.75, 3.05) is 11.9 Å². The first-order chi connectivity index (χ1) is 9.74. The average molecular weight is 271 g/mol. The molecule has 104 valence electrons. The van der Waals surface area contributed by atoms with Gasteiger partial charge in [-0.2, -0.15) is 5.10 Å². The summed E-state index contributed by atoms with van der Waals surface area (Å²) in [5.74, 6) is 0.652. The van der Waals surface area contributed by atoms with Crippen LogP contribution in [0, 0.1) is 0 Å². The Labute approximate surface area is 117 Å². The summed E-state index contributed by atoms with van der Waals surface area (Å²) in [6.07, 6.45) is 1.78. The molecule has 1 aromatic carbocycles. The van der Waals surface area contributed by atoms with Gasteiger partial charge >= 0.3 is 0 Å². The van der Waals surface area contributed by atoms with Crippen molar-refractivity contribution >= 4 is 11.7 Å². The summed E-state index contributed by atoms with van der Waals surface area (Å²) in [6, 6.07) is 9.63. The Hall–Kier alpha value is -2.34. The highest BCUT2D eigenvalue weighted by Gasteiger charge is 2.18. The molecule has 6 heteroatoms. The van der Waals surface area contributed by atoms with Crippen LogP contribution in [0.2, 0.25) is 0 Å². The molecule has 0 spiro atoms. The molecule has 1 amide bonds. The third kappa shape index (κ3) is 2.50. The monoisotopic (exact) mass is 271 g/mol. The topological polar surface area (TPSA) is 85.0 Å². The fourth-order valence-electron chi connectivity index (χ4n) is 2.44.